The predicted molar refractivity (Wildman–Crippen MR) is 98.1 cm³/mol. The van der Waals surface area contributed by atoms with Gasteiger partial charge in [-0.25, -0.2) is 0 Å². The lowest BCUT2D eigenvalue weighted by molar-refractivity contribution is 0.285. The van der Waals surface area contributed by atoms with E-state index in [9.17, 15) is 5.11 Å². The van der Waals surface area contributed by atoms with Crippen molar-refractivity contribution in [3.05, 3.63) is 42.0 Å². The molecule has 0 spiro atoms. The molecule has 24 heavy (non-hydrogen) atoms. The van der Waals surface area contributed by atoms with Crippen LogP contribution in [0, 0.1) is 5.41 Å². The van der Waals surface area contributed by atoms with Gasteiger partial charge < -0.3 is 5.11 Å². The summed E-state index contributed by atoms with van der Waals surface area (Å²) in [6.45, 7) is 11.2. The Morgan fingerprint density at radius 3 is 2.42 bits per heavy atom. The van der Waals surface area contributed by atoms with Crippen molar-refractivity contribution in [1.29, 1.82) is 0 Å². The van der Waals surface area contributed by atoms with Gasteiger partial charge in [-0.3, -0.25) is 5.10 Å². The second-order valence-corrected chi connectivity index (χ2v) is 8.37. The van der Waals surface area contributed by atoms with Crippen LogP contribution >= 0.6 is 0 Å². The minimum absolute atomic E-state index is 0.0617. The van der Waals surface area contributed by atoms with E-state index in [2.05, 4.69) is 56.1 Å². The van der Waals surface area contributed by atoms with E-state index in [1.165, 1.54) is 0 Å². The number of H-pyrrole nitrogens is 1. The van der Waals surface area contributed by atoms with Crippen molar-refractivity contribution < 1.29 is 5.11 Å². The van der Waals surface area contributed by atoms with E-state index in [4.69, 9.17) is 0 Å². The molecule has 126 valence electrons. The van der Waals surface area contributed by atoms with Gasteiger partial charge in [-0.05, 0) is 46.6 Å². The number of para-hydroxylation sites is 1. The molecule has 0 aliphatic heterocycles. The highest BCUT2D eigenvalue weighted by Crippen LogP contribution is 2.41. The van der Waals surface area contributed by atoms with Gasteiger partial charge in [0.05, 0.1) is 5.52 Å². The van der Waals surface area contributed by atoms with E-state index < -0.39 is 0 Å². The average molecular weight is 323 g/mol. The van der Waals surface area contributed by atoms with E-state index in [1.54, 1.807) is 6.07 Å². The van der Waals surface area contributed by atoms with Crippen LogP contribution in [0.15, 0.2) is 36.4 Å². The van der Waals surface area contributed by atoms with Crippen molar-refractivity contribution in [2.24, 2.45) is 5.41 Å². The zero-order chi connectivity index (χ0) is 17.5. The number of aromatic amines is 1. The maximum atomic E-state index is 10.2. The minimum atomic E-state index is -0.0617. The molecule has 3 rings (SSSR count). The van der Waals surface area contributed by atoms with Gasteiger partial charge in [-0.2, -0.15) is 0 Å². The number of aromatic nitrogens is 3. The topological polar surface area (TPSA) is 61.8 Å². The minimum Gasteiger partial charge on any atom is -0.507 e. The number of hydrogen-bond acceptors (Lipinski definition) is 3. The summed E-state index contributed by atoms with van der Waals surface area (Å²) in [7, 11) is 0. The zero-order valence-corrected chi connectivity index (χ0v) is 15.0. The van der Waals surface area contributed by atoms with Crippen LogP contribution in [0.2, 0.25) is 0 Å². The van der Waals surface area contributed by atoms with Gasteiger partial charge in [0.1, 0.15) is 11.3 Å². The third-order valence-electron chi connectivity index (χ3n) is 4.35. The number of phenols is 1. The number of nitrogens with zero attached hydrogens (tertiary/aromatic N) is 2. The lowest BCUT2D eigenvalue weighted by Gasteiger charge is -2.33. The lowest BCUT2D eigenvalue weighted by atomic mass is 9.71. The number of nitrogens with one attached hydrogen (secondary N) is 1. The van der Waals surface area contributed by atoms with Crippen LogP contribution in [-0.4, -0.2) is 20.5 Å². The van der Waals surface area contributed by atoms with E-state index >= 15 is 0 Å². The Kier molecular flexibility index (Phi) is 3.86. The molecule has 0 fully saturated rings. The Morgan fingerprint density at radius 2 is 1.75 bits per heavy atom. The fourth-order valence-electron chi connectivity index (χ4n) is 3.77. The van der Waals surface area contributed by atoms with Gasteiger partial charge in [-0.15, -0.1) is 5.10 Å². The fraction of sp³-hybridized carbons (Fsp3) is 0.400. The second-order valence-electron chi connectivity index (χ2n) is 8.37. The molecule has 1 heterocycles. The second kappa shape index (κ2) is 5.62. The zero-order valence-electron chi connectivity index (χ0n) is 15.0. The normalized spacial score (nSPS) is 12.7. The van der Waals surface area contributed by atoms with Gasteiger partial charge in [0.2, 0.25) is 0 Å². The first-order valence-electron chi connectivity index (χ1n) is 8.31. The Balaban J connectivity index is 2.21. The third kappa shape index (κ3) is 3.14. The van der Waals surface area contributed by atoms with Crippen LogP contribution in [0.5, 0.6) is 5.75 Å². The summed E-state index contributed by atoms with van der Waals surface area (Å²) in [5.41, 5.74) is 4.89. The van der Waals surface area contributed by atoms with Gasteiger partial charge in [0.15, 0.2) is 0 Å². The molecule has 0 amide bonds. The summed E-state index contributed by atoms with van der Waals surface area (Å²) in [6.07, 6.45) is 1.02. The molecule has 3 aromatic rings. The van der Waals surface area contributed by atoms with Gasteiger partial charge in [0, 0.05) is 5.56 Å². The Bertz CT molecular complexity index is 872. The Hall–Kier alpha value is -2.36. The van der Waals surface area contributed by atoms with Gasteiger partial charge in [-0.1, -0.05) is 58.0 Å². The van der Waals surface area contributed by atoms with Crippen molar-refractivity contribution in [2.45, 2.75) is 46.5 Å². The van der Waals surface area contributed by atoms with Gasteiger partial charge in [0.25, 0.3) is 0 Å². The predicted octanol–water partition coefficient (Wildman–Crippen LogP) is 5.04. The number of aromatic hydroxyl groups is 1. The van der Waals surface area contributed by atoms with Crippen LogP contribution in [0.4, 0.5) is 0 Å². The molecule has 0 saturated heterocycles. The van der Waals surface area contributed by atoms with E-state index in [-0.39, 0.29) is 16.6 Å². The number of phenolic OH excluding ortho intramolecular Hbond substituents is 1. The van der Waals surface area contributed by atoms with Crippen molar-refractivity contribution in [3.63, 3.8) is 0 Å². The molecule has 0 unspecified atom stereocenters. The summed E-state index contributed by atoms with van der Waals surface area (Å²) in [5, 5.41) is 21.5. The van der Waals surface area contributed by atoms with Crippen LogP contribution in [0.25, 0.3) is 22.2 Å². The van der Waals surface area contributed by atoms with Crippen LogP contribution < -0.4 is 0 Å². The largest absolute Gasteiger partial charge is 0.507 e. The summed E-state index contributed by atoms with van der Waals surface area (Å²) >= 11 is 0. The standard InChI is InChI=1S/C20H25N3O/c1-19(2,3)12-20(4,5)15-10-13(11-16-18(15)22-23-21-16)14-8-6-7-9-17(14)24/h6-11,24H,12H2,1-5H3,(H,21,22,23). The summed E-state index contributed by atoms with van der Waals surface area (Å²) in [4.78, 5) is 0. The van der Waals surface area contributed by atoms with Crippen LogP contribution in [0.3, 0.4) is 0 Å². The molecule has 0 atom stereocenters. The average Bonchev–Trinajstić information content (AvgIpc) is 2.92. The number of fused-ring (bicyclic) bond motifs is 1. The van der Waals surface area contributed by atoms with E-state index in [0.717, 1.165) is 34.1 Å². The highest BCUT2D eigenvalue weighted by atomic mass is 16.3. The highest BCUT2D eigenvalue weighted by Gasteiger charge is 2.30. The molecule has 4 nitrogen and oxygen atoms in total. The molecule has 4 heteroatoms. The van der Waals surface area contributed by atoms with Crippen molar-refractivity contribution in [1.82, 2.24) is 15.4 Å². The fourth-order valence-corrected chi connectivity index (χ4v) is 3.77. The summed E-state index contributed by atoms with van der Waals surface area (Å²) < 4.78 is 0. The SMILES string of the molecule is CC(C)(C)CC(C)(C)c1cc(-c2ccccc2O)cc2[nH]nnc12. The van der Waals surface area contributed by atoms with Crippen molar-refractivity contribution in [2.75, 3.05) is 0 Å². The number of hydrogen-bond donors (Lipinski definition) is 2. The first kappa shape index (κ1) is 16.5. The Morgan fingerprint density at radius 1 is 1.04 bits per heavy atom. The number of rotatable bonds is 3. The maximum Gasteiger partial charge on any atom is 0.123 e. The molecule has 0 aliphatic rings. The highest BCUT2D eigenvalue weighted by molar-refractivity contribution is 5.86. The molecule has 2 N–H and O–H groups in total. The first-order valence-corrected chi connectivity index (χ1v) is 8.31. The monoisotopic (exact) mass is 323 g/mol. The van der Waals surface area contributed by atoms with Crippen molar-refractivity contribution >= 4 is 11.0 Å². The van der Waals surface area contributed by atoms with Crippen molar-refractivity contribution in [3.8, 4) is 16.9 Å². The smallest absolute Gasteiger partial charge is 0.123 e. The third-order valence-corrected chi connectivity index (χ3v) is 4.35. The molecule has 0 aliphatic carbocycles. The van der Waals surface area contributed by atoms with E-state index in [0.29, 0.717) is 0 Å². The molecule has 0 bridgehead atoms. The molecule has 1 aromatic heterocycles. The number of benzene rings is 2. The maximum absolute atomic E-state index is 10.2. The Labute approximate surface area is 142 Å². The van der Waals surface area contributed by atoms with E-state index in [1.807, 2.05) is 24.3 Å². The molecule has 2 aromatic carbocycles. The molecule has 0 radical (unpaired) electrons. The summed E-state index contributed by atoms with van der Waals surface area (Å²) in [6, 6.07) is 11.6. The molecular formula is C20H25N3O. The first-order chi connectivity index (χ1) is 11.2. The quantitative estimate of drug-likeness (QED) is 0.709. The van der Waals surface area contributed by atoms with Crippen LogP contribution in [0.1, 0.15) is 46.6 Å². The van der Waals surface area contributed by atoms with Gasteiger partial charge >= 0.3 is 0 Å². The lowest BCUT2D eigenvalue weighted by Crippen LogP contribution is -2.25. The van der Waals surface area contributed by atoms with Crippen LogP contribution in [-0.2, 0) is 5.41 Å². The molecule has 0 saturated carbocycles. The molecular weight excluding hydrogens is 298 g/mol. The summed E-state index contributed by atoms with van der Waals surface area (Å²) in [5.74, 6) is 0.281.